The number of carbonyl (C=O) groups excluding carboxylic acids is 2. The Morgan fingerprint density at radius 2 is 1.48 bits per heavy atom. The van der Waals surface area contributed by atoms with Crippen LogP contribution in [-0.4, -0.2) is 47.8 Å². The van der Waals surface area contributed by atoms with E-state index in [4.69, 9.17) is 0 Å². The van der Waals surface area contributed by atoms with Gasteiger partial charge in [0.15, 0.2) is 0 Å². The van der Waals surface area contributed by atoms with Crippen molar-refractivity contribution < 1.29 is 9.59 Å². The lowest BCUT2D eigenvalue weighted by Crippen LogP contribution is -2.51. The van der Waals surface area contributed by atoms with Crippen LogP contribution in [0.2, 0.25) is 0 Å². The van der Waals surface area contributed by atoms with Gasteiger partial charge in [0.2, 0.25) is 5.91 Å². The van der Waals surface area contributed by atoms with Crippen molar-refractivity contribution in [3.63, 3.8) is 0 Å². The first-order valence-electron chi connectivity index (χ1n) is 8.13. The summed E-state index contributed by atoms with van der Waals surface area (Å²) in [4.78, 5) is 28.4. The van der Waals surface area contributed by atoms with E-state index in [1.54, 1.807) is 0 Å². The highest BCUT2D eigenvalue weighted by atomic mass is 16.2. The molecule has 120 valence electrons. The highest BCUT2D eigenvalue weighted by molar-refractivity contribution is 5.98. The van der Waals surface area contributed by atoms with E-state index in [-0.39, 0.29) is 17.7 Å². The number of benzene rings is 2. The molecule has 0 unspecified atom stereocenters. The zero-order valence-corrected chi connectivity index (χ0v) is 13.7. The normalized spacial score (nSPS) is 15.3. The molecule has 23 heavy (non-hydrogen) atoms. The van der Waals surface area contributed by atoms with Gasteiger partial charge in [0, 0.05) is 37.7 Å². The molecule has 1 aliphatic rings. The maximum absolute atomic E-state index is 12.7. The number of hydrogen-bond donors (Lipinski definition) is 0. The summed E-state index contributed by atoms with van der Waals surface area (Å²) in [5, 5.41) is 2.21. The number of carbonyl (C=O) groups is 2. The average Bonchev–Trinajstić information content (AvgIpc) is 2.60. The third kappa shape index (κ3) is 3.21. The highest BCUT2D eigenvalue weighted by Crippen LogP contribution is 2.18. The summed E-state index contributed by atoms with van der Waals surface area (Å²) in [5.74, 6) is 0.230. The fourth-order valence-electron chi connectivity index (χ4n) is 3.00. The SMILES string of the molecule is CC(C)C(=O)N1CCN(C(=O)c2ccc3ccccc3c2)CC1. The average molecular weight is 310 g/mol. The minimum Gasteiger partial charge on any atom is -0.339 e. The second-order valence-electron chi connectivity index (χ2n) is 6.33. The molecule has 0 saturated carbocycles. The minimum absolute atomic E-state index is 0.0118. The maximum atomic E-state index is 12.7. The first-order chi connectivity index (χ1) is 11.1. The molecule has 1 heterocycles. The summed E-state index contributed by atoms with van der Waals surface area (Å²) in [6.07, 6.45) is 0. The van der Waals surface area contributed by atoms with Crippen LogP contribution in [-0.2, 0) is 4.79 Å². The lowest BCUT2D eigenvalue weighted by molar-refractivity contribution is -0.135. The van der Waals surface area contributed by atoms with Gasteiger partial charge in [0.1, 0.15) is 0 Å². The van der Waals surface area contributed by atoms with Crippen LogP contribution < -0.4 is 0 Å². The van der Waals surface area contributed by atoms with Gasteiger partial charge in [-0.1, -0.05) is 44.2 Å². The van der Waals surface area contributed by atoms with E-state index >= 15 is 0 Å². The van der Waals surface area contributed by atoms with Gasteiger partial charge >= 0.3 is 0 Å². The second kappa shape index (κ2) is 6.41. The Bertz CT molecular complexity index is 731. The summed E-state index contributed by atoms with van der Waals surface area (Å²) in [6.45, 7) is 6.27. The van der Waals surface area contributed by atoms with Crippen molar-refractivity contribution >= 4 is 22.6 Å². The predicted octanol–water partition coefficient (Wildman–Crippen LogP) is 2.78. The molecule has 0 atom stereocenters. The molecule has 2 aromatic rings. The van der Waals surface area contributed by atoms with Crippen molar-refractivity contribution in [2.75, 3.05) is 26.2 Å². The Morgan fingerprint density at radius 1 is 0.870 bits per heavy atom. The van der Waals surface area contributed by atoms with Crippen LogP contribution in [0.3, 0.4) is 0 Å². The van der Waals surface area contributed by atoms with E-state index in [0.29, 0.717) is 31.7 Å². The molecule has 2 aromatic carbocycles. The van der Waals surface area contributed by atoms with Crippen LogP contribution in [0.25, 0.3) is 10.8 Å². The van der Waals surface area contributed by atoms with Crippen LogP contribution in [0.4, 0.5) is 0 Å². The lowest BCUT2D eigenvalue weighted by atomic mass is 10.1. The van der Waals surface area contributed by atoms with Crippen molar-refractivity contribution in [1.82, 2.24) is 9.80 Å². The second-order valence-corrected chi connectivity index (χ2v) is 6.33. The van der Waals surface area contributed by atoms with E-state index in [9.17, 15) is 9.59 Å². The summed E-state index contributed by atoms with van der Waals surface area (Å²) in [5.41, 5.74) is 0.715. The monoisotopic (exact) mass is 310 g/mol. The number of amides is 2. The van der Waals surface area contributed by atoms with E-state index < -0.39 is 0 Å². The smallest absolute Gasteiger partial charge is 0.253 e. The number of rotatable bonds is 2. The van der Waals surface area contributed by atoms with Crippen molar-refractivity contribution in [2.24, 2.45) is 5.92 Å². The third-order valence-electron chi connectivity index (χ3n) is 4.37. The third-order valence-corrected chi connectivity index (χ3v) is 4.37. The van der Waals surface area contributed by atoms with E-state index in [1.807, 2.05) is 66.1 Å². The Labute approximate surface area is 136 Å². The number of hydrogen-bond acceptors (Lipinski definition) is 2. The van der Waals surface area contributed by atoms with Crippen LogP contribution in [0.5, 0.6) is 0 Å². The van der Waals surface area contributed by atoms with Crippen LogP contribution in [0.15, 0.2) is 42.5 Å². The molecule has 0 N–H and O–H groups in total. The number of piperazine rings is 1. The van der Waals surface area contributed by atoms with E-state index in [0.717, 1.165) is 10.8 Å². The molecule has 0 bridgehead atoms. The molecular weight excluding hydrogens is 288 g/mol. The molecule has 3 rings (SSSR count). The zero-order valence-electron chi connectivity index (χ0n) is 13.7. The number of fused-ring (bicyclic) bond motifs is 1. The molecule has 1 aliphatic heterocycles. The summed E-state index contributed by atoms with van der Waals surface area (Å²) in [6, 6.07) is 13.9. The zero-order chi connectivity index (χ0) is 16.4. The topological polar surface area (TPSA) is 40.6 Å². The molecule has 2 amide bonds. The largest absolute Gasteiger partial charge is 0.339 e. The first kappa shape index (κ1) is 15.5. The summed E-state index contributed by atoms with van der Waals surface area (Å²) in [7, 11) is 0. The predicted molar refractivity (Wildman–Crippen MR) is 91.3 cm³/mol. The summed E-state index contributed by atoms with van der Waals surface area (Å²) >= 11 is 0. The van der Waals surface area contributed by atoms with Crippen molar-refractivity contribution in [3.05, 3.63) is 48.0 Å². The quantitative estimate of drug-likeness (QED) is 0.856. The van der Waals surface area contributed by atoms with Crippen molar-refractivity contribution in [1.29, 1.82) is 0 Å². The van der Waals surface area contributed by atoms with Gasteiger partial charge in [0.25, 0.3) is 5.91 Å². The van der Waals surface area contributed by atoms with Gasteiger partial charge in [0.05, 0.1) is 0 Å². The van der Waals surface area contributed by atoms with Crippen molar-refractivity contribution in [3.8, 4) is 0 Å². The Hall–Kier alpha value is -2.36. The van der Waals surface area contributed by atoms with Gasteiger partial charge in [-0.2, -0.15) is 0 Å². The molecule has 0 aliphatic carbocycles. The molecule has 4 nitrogen and oxygen atoms in total. The summed E-state index contributed by atoms with van der Waals surface area (Å²) < 4.78 is 0. The van der Waals surface area contributed by atoms with Gasteiger partial charge in [-0.3, -0.25) is 9.59 Å². The van der Waals surface area contributed by atoms with E-state index in [2.05, 4.69) is 0 Å². The number of nitrogens with zero attached hydrogens (tertiary/aromatic N) is 2. The minimum atomic E-state index is 0.0118. The Balaban J connectivity index is 1.70. The molecule has 0 spiro atoms. The fraction of sp³-hybridized carbons (Fsp3) is 0.368. The van der Waals surface area contributed by atoms with Crippen LogP contribution in [0.1, 0.15) is 24.2 Å². The van der Waals surface area contributed by atoms with Gasteiger partial charge in [-0.05, 0) is 22.9 Å². The van der Waals surface area contributed by atoms with Gasteiger partial charge < -0.3 is 9.80 Å². The standard InChI is InChI=1S/C19H22N2O2/c1-14(2)18(22)20-9-11-21(12-10-20)19(23)17-8-7-15-5-3-4-6-16(15)13-17/h3-8,13-14H,9-12H2,1-2H3. The Kier molecular flexibility index (Phi) is 4.33. The molecule has 0 aromatic heterocycles. The van der Waals surface area contributed by atoms with Gasteiger partial charge in [-0.25, -0.2) is 0 Å². The fourth-order valence-corrected chi connectivity index (χ4v) is 3.00. The van der Waals surface area contributed by atoms with Crippen LogP contribution in [0, 0.1) is 5.92 Å². The molecular formula is C19H22N2O2. The lowest BCUT2D eigenvalue weighted by Gasteiger charge is -2.35. The molecule has 1 fully saturated rings. The maximum Gasteiger partial charge on any atom is 0.253 e. The first-order valence-corrected chi connectivity index (χ1v) is 8.13. The highest BCUT2D eigenvalue weighted by Gasteiger charge is 2.25. The Morgan fingerprint density at radius 3 is 2.13 bits per heavy atom. The van der Waals surface area contributed by atoms with E-state index in [1.165, 1.54) is 0 Å². The van der Waals surface area contributed by atoms with Crippen LogP contribution >= 0.6 is 0 Å². The molecule has 4 heteroatoms. The van der Waals surface area contributed by atoms with Crippen molar-refractivity contribution in [2.45, 2.75) is 13.8 Å². The molecule has 1 saturated heterocycles. The van der Waals surface area contributed by atoms with Gasteiger partial charge in [-0.15, -0.1) is 0 Å². The molecule has 0 radical (unpaired) electrons.